The van der Waals surface area contributed by atoms with Crippen LogP contribution < -0.4 is 0 Å². The molecule has 1 aromatic carbocycles. The van der Waals surface area contributed by atoms with Crippen molar-refractivity contribution in [2.45, 2.75) is 13.8 Å². The number of carboxylic acid groups (broad SMARTS) is 1. The summed E-state index contributed by atoms with van der Waals surface area (Å²) in [5, 5.41) is 18.4. The molecule has 0 saturated carbocycles. The summed E-state index contributed by atoms with van der Waals surface area (Å²) in [5.74, 6) is -0.989. The van der Waals surface area contributed by atoms with Crippen LogP contribution >= 0.6 is 11.6 Å². The molecule has 0 bridgehead atoms. The number of nitriles is 1. The van der Waals surface area contributed by atoms with Crippen molar-refractivity contribution in [2.75, 3.05) is 0 Å². The molecule has 0 radical (unpaired) electrons. The van der Waals surface area contributed by atoms with Crippen LogP contribution in [-0.2, 0) is 0 Å². The number of hydrogen-bond acceptors (Lipinski definition) is 2. The first kappa shape index (κ1) is 13.2. The molecule has 0 spiro atoms. The lowest BCUT2D eigenvalue weighted by Gasteiger charge is -2.05. The third-order valence-electron chi connectivity index (χ3n) is 2.97. The third kappa shape index (κ3) is 2.20. The van der Waals surface area contributed by atoms with Crippen LogP contribution in [0.25, 0.3) is 11.1 Å². The number of aromatic carboxylic acids is 1. The van der Waals surface area contributed by atoms with Crippen molar-refractivity contribution in [3.05, 3.63) is 45.7 Å². The molecular formula is C14H11ClN2O2. The van der Waals surface area contributed by atoms with Crippen LogP contribution in [-0.4, -0.2) is 16.1 Å². The highest BCUT2D eigenvalue weighted by atomic mass is 35.5. The van der Waals surface area contributed by atoms with E-state index in [-0.39, 0.29) is 5.56 Å². The van der Waals surface area contributed by atoms with Crippen molar-refractivity contribution < 1.29 is 9.90 Å². The predicted molar refractivity (Wildman–Crippen MR) is 72.4 cm³/mol. The normalized spacial score (nSPS) is 10.2. The van der Waals surface area contributed by atoms with E-state index in [2.05, 4.69) is 4.98 Å². The fraction of sp³-hybridized carbons (Fsp3) is 0.143. The van der Waals surface area contributed by atoms with Crippen LogP contribution in [0.1, 0.15) is 27.3 Å². The Balaban J connectivity index is 2.69. The average Bonchev–Trinajstić information content (AvgIpc) is 2.64. The second-order valence-electron chi connectivity index (χ2n) is 4.24. The summed E-state index contributed by atoms with van der Waals surface area (Å²) in [6, 6.07) is 6.88. The van der Waals surface area contributed by atoms with Crippen molar-refractivity contribution in [3.63, 3.8) is 0 Å². The number of aryl methyl sites for hydroxylation is 2. The van der Waals surface area contributed by atoms with Crippen molar-refractivity contribution in [3.8, 4) is 17.2 Å². The SMILES string of the molecule is Cc1[nH]c(C)c(-c2ccc(C#N)c(Cl)c2)c1C(=O)O. The summed E-state index contributed by atoms with van der Waals surface area (Å²) in [7, 11) is 0. The number of rotatable bonds is 2. The molecular weight excluding hydrogens is 264 g/mol. The van der Waals surface area contributed by atoms with Crippen molar-refractivity contribution in [1.29, 1.82) is 5.26 Å². The third-order valence-corrected chi connectivity index (χ3v) is 3.28. The fourth-order valence-corrected chi connectivity index (χ4v) is 2.39. The highest BCUT2D eigenvalue weighted by molar-refractivity contribution is 6.32. The summed E-state index contributed by atoms with van der Waals surface area (Å²) in [4.78, 5) is 14.3. The van der Waals surface area contributed by atoms with Gasteiger partial charge in [-0.25, -0.2) is 4.79 Å². The number of aromatic nitrogens is 1. The molecule has 96 valence electrons. The number of carboxylic acids is 1. The van der Waals surface area contributed by atoms with Crippen LogP contribution in [0.4, 0.5) is 0 Å². The van der Waals surface area contributed by atoms with Gasteiger partial charge in [-0.1, -0.05) is 17.7 Å². The van der Waals surface area contributed by atoms with Gasteiger partial charge in [0, 0.05) is 17.0 Å². The van der Waals surface area contributed by atoms with Gasteiger partial charge in [-0.2, -0.15) is 5.26 Å². The number of nitrogens with one attached hydrogen (secondary N) is 1. The molecule has 5 heteroatoms. The van der Waals surface area contributed by atoms with Gasteiger partial charge >= 0.3 is 5.97 Å². The topological polar surface area (TPSA) is 76.9 Å². The van der Waals surface area contributed by atoms with Gasteiger partial charge in [0.05, 0.1) is 16.1 Å². The van der Waals surface area contributed by atoms with Gasteiger partial charge in [0.15, 0.2) is 0 Å². The molecule has 0 aliphatic carbocycles. The smallest absolute Gasteiger partial charge is 0.338 e. The molecule has 0 fully saturated rings. The Bertz CT molecular complexity index is 711. The van der Waals surface area contributed by atoms with E-state index in [9.17, 15) is 9.90 Å². The van der Waals surface area contributed by atoms with Crippen LogP contribution in [0.5, 0.6) is 0 Å². The van der Waals surface area contributed by atoms with Gasteiger partial charge in [0.2, 0.25) is 0 Å². The molecule has 1 heterocycles. The van der Waals surface area contributed by atoms with Gasteiger partial charge in [-0.15, -0.1) is 0 Å². The Hall–Kier alpha value is -2.25. The molecule has 0 atom stereocenters. The van der Waals surface area contributed by atoms with E-state index < -0.39 is 5.97 Å². The predicted octanol–water partition coefficient (Wildman–Crippen LogP) is 3.52. The highest BCUT2D eigenvalue weighted by Gasteiger charge is 2.20. The minimum atomic E-state index is -0.989. The fourth-order valence-electron chi connectivity index (χ4n) is 2.17. The van der Waals surface area contributed by atoms with Gasteiger partial charge in [0.25, 0.3) is 0 Å². The zero-order valence-electron chi connectivity index (χ0n) is 10.4. The maximum absolute atomic E-state index is 11.3. The van der Waals surface area contributed by atoms with E-state index in [4.69, 9.17) is 16.9 Å². The standard InChI is InChI=1S/C14H11ClN2O2/c1-7-12(13(14(18)19)8(2)17-7)9-3-4-10(6-16)11(15)5-9/h3-5,17H,1-2H3,(H,18,19). The first-order chi connectivity index (χ1) is 8.95. The number of H-pyrrole nitrogens is 1. The molecule has 2 N–H and O–H groups in total. The number of carbonyl (C=O) groups is 1. The molecule has 4 nitrogen and oxygen atoms in total. The van der Waals surface area contributed by atoms with Crippen LogP contribution in [0.3, 0.4) is 0 Å². The van der Waals surface area contributed by atoms with E-state index >= 15 is 0 Å². The van der Waals surface area contributed by atoms with E-state index in [0.29, 0.717) is 27.4 Å². The summed E-state index contributed by atoms with van der Waals surface area (Å²) in [5.41, 5.74) is 3.25. The summed E-state index contributed by atoms with van der Waals surface area (Å²) in [6.07, 6.45) is 0. The Labute approximate surface area is 115 Å². The first-order valence-corrected chi connectivity index (χ1v) is 5.96. The maximum atomic E-state index is 11.3. The van der Waals surface area contributed by atoms with Crippen molar-refractivity contribution >= 4 is 17.6 Å². The monoisotopic (exact) mass is 274 g/mol. The minimum absolute atomic E-state index is 0.235. The number of benzene rings is 1. The zero-order valence-corrected chi connectivity index (χ0v) is 11.2. The molecule has 1 aromatic heterocycles. The lowest BCUT2D eigenvalue weighted by molar-refractivity contribution is 0.0697. The minimum Gasteiger partial charge on any atom is -0.478 e. The van der Waals surface area contributed by atoms with E-state index in [1.165, 1.54) is 0 Å². The first-order valence-electron chi connectivity index (χ1n) is 5.58. The highest BCUT2D eigenvalue weighted by Crippen LogP contribution is 2.32. The molecule has 2 aromatic rings. The molecule has 0 saturated heterocycles. The van der Waals surface area contributed by atoms with Crippen LogP contribution in [0.2, 0.25) is 5.02 Å². The molecule has 0 aliphatic rings. The Morgan fingerprint density at radius 3 is 2.58 bits per heavy atom. The van der Waals surface area contributed by atoms with Crippen molar-refractivity contribution in [2.24, 2.45) is 0 Å². The van der Waals surface area contributed by atoms with Gasteiger partial charge < -0.3 is 10.1 Å². The number of nitrogens with zero attached hydrogens (tertiary/aromatic N) is 1. The summed E-state index contributed by atoms with van der Waals surface area (Å²) in [6.45, 7) is 3.52. The maximum Gasteiger partial charge on any atom is 0.338 e. The van der Waals surface area contributed by atoms with Crippen LogP contribution in [0, 0.1) is 25.2 Å². The lowest BCUT2D eigenvalue weighted by Crippen LogP contribution is -1.99. The lowest BCUT2D eigenvalue weighted by atomic mass is 9.99. The van der Waals surface area contributed by atoms with Gasteiger partial charge in [0.1, 0.15) is 6.07 Å². The van der Waals surface area contributed by atoms with E-state index in [0.717, 1.165) is 5.69 Å². The Morgan fingerprint density at radius 2 is 2.05 bits per heavy atom. The largest absolute Gasteiger partial charge is 0.478 e. The van der Waals surface area contributed by atoms with Gasteiger partial charge in [-0.3, -0.25) is 0 Å². The molecule has 0 unspecified atom stereocenters. The number of aromatic amines is 1. The van der Waals surface area contributed by atoms with E-state index in [1.807, 2.05) is 6.07 Å². The second-order valence-corrected chi connectivity index (χ2v) is 4.64. The van der Waals surface area contributed by atoms with Crippen LogP contribution in [0.15, 0.2) is 18.2 Å². The van der Waals surface area contributed by atoms with E-state index in [1.54, 1.807) is 32.0 Å². The van der Waals surface area contributed by atoms with Gasteiger partial charge in [-0.05, 0) is 31.5 Å². The molecule has 0 aliphatic heterocycles. The zero-order chi connectivity index (χ0) is 14.2. The molecule has 19 heavy (non-hydrogen) atoms. The molecule has 2 rings (SSSR count). The summed E-state index contributed by atoms with van der Waals surface area (Å²) >= 11 is 5.99. The average molecular weight is 275 g/mol. The Morgan fingerprint density at radius 1 is 1.37 bits per heavy atom. The number of hydrogen-bond donors (Lipinski definition) is 2. The second kappa shape index (κ2) is 4.79. The quantitative estimate of drug-likeness (QED) is 0.879. The number of halogens is 1. The Kier molecular flexibility index (Phi) is 3.32. The van der Waals surface area contributed by atoms with Crippen molar-refractivity contribution in [1.82, 2.24) is 4.98 Å². The molecule has 0 amide bonds. The summed E-state index contributed by atoms with van der Waals surface area (Å²) < 4.78 is 0.